The van der Waals surface area contributed by atoms with Crippen LogP contribution in [0.3, 0.4) is 0 Å². The number of aryl methyl sites for hydroxylation is 1. The van der Waals surface area contributed by atoms with E-state index in [0.29, 0.717) is 15.9 Å². The monoisotopic (exact) mass is 551 g/mol. The van der Waals surface area contributed by atoms with Crippen molar-refractivity contribution in [1.29, 1.82) is 0 Å². The molecule has 188 valence electrons. The molecule has 0 saturated carbocycles. The Hall–Kier alpha value is -2.68. The van der Waals surface area contributed by atoms with Gasteiger partial charge in [0, 0.05) is 22.9 Å². The van der Waals surface area contributed by atoms with Crippen LogP contribution in [0, 0.1) is 17.5 Å². The third-order valence-corrected chi connectivity index (χ3v) is 7.43. The fraction of sp³-hybridized carbons (Fsp3) is 0.231. The zero-order valence-corrected chi connectivity index (χ0v) is 21.6. The number of hydrogen-bond acceptors (Lipinski definition) is 4. The number of hydrogen-bond donors (Lipinski definition) is 0. The molecule has 0 aliphatic heterocycles. The molecule has 0 radical (unpaired) electrons. The van der Waals surface area contributed by atoms with Crippen molar-refractivity contribution in [2.24, 2.45) is 0 Å². The average molecular weight is 552 g/mol. The first-order valence-corrected chi connectivity index (χ1v) is 12.4. The van der Waals surface area contributed by atoms with Gasteiger partial charge in [-0.15, -0.1) is 12.4 Å². The van der Waals surface area contributed by atoms with E-state index in [2.05, 4.69) is 4.98 Å². The Morgan fingerprint density at radius 1 is 1.08 bits per heavy atom. The third kappa shape index (κ3) is 5.08. The lowest BCUT2D eigenvalue weighted by Crippen LogP contribution is -2.15. The van der Waals surface area contributed by atoms with Crippen LogP contribution in [0.15, 0.2) is 60.0 Å². The van der Waals surface area contributed by atoms with Gasteiger partial charge in [-0.25, -0.2) is 18.2 Å². The van der Waals surface area contributed by atoms with Gasteiger partial charge in [-0.3, -0.25) is 9.55 Å². The first-order valence-electron chi connectivity index (χ1n) is 11.1. The van der Waals surface area contributed by atoms with Crippen LogP contribution in [0.25, 0.3) is 5.69 Å². The summed E-state index contributed by atoms with van der Waals surface area (Å²) < 4.78 is 49.6. The first kappa shape index (κ1) is 26.4. The van der Waals surface area contributed by atoms with Crippen LogP contribution in [0.2, 0.25) is 5.02 Å². The van der Waals surface area contributed by atoms with Gasteiger partial charge >= 0.3 is 0 Å². The van der Waals surface area contributed by atoms with Gasteiger partial charge in [0.25, 0.3) is 0 Å². The SMILES string of the molecule is COc1cc(C2CCCc3nc(SCc4c(F)cncc4F)n(-c4ccc(F)cc4)c32)ccc1Cl.Cl. The van der Waals surface area contributed by atoms with Crippen molar-refractivity contribution in [3.63, 3.8) is 0 Å². The fourth-order valence-electron chi connectivity index (χ4n) is 4.47. The molecule has 0 N–H and O–H groups in total. The lowest BCUT2D eigenvalue weighted by Gasteiger charge is -2.25. The highest BCUT2D eigenvalue weighted by atomic mass is 35.5. The number of benzene rings is 2. The Morgan fingerprint density at radius 2 is 1.81 bits per heavy atom. The maximum atomic E-state index is 14.2. The van der Waals surface area contributed by atoms with E-state index in [0.717, 1.165) is 54.3 Å². The number of pyridine rings is 1. The lowest BCUT2D eigenvalue weighted by atomic mass is 9.84. The second-order valence-corrected chi connectivity index (χ2v) is 9.60. The van der Waals surface area contributed by atoms with Crippen LogP contribution < -0.4 is 4.74 Å². The molecule has 0 fully saturated rings. The van der Waals surface area contributed by atoms with E-state index >= 15 is 0 Å². The number of thioether (sulfide) groups is 1. The van der Waals surface area contributed by atoms with Crippen LogP contribution in [0.4, 0.5) is 13.2 Å². The van der Waals surface area contributed by atoms with Gasteiger partial charge in [0.1, 0.15) is 23.2 Å². The molecule has 5 rings (SSSR count). The largest absolute Gasteiger partial charge is 0.495 e. The van der Waals surface area contributed by atoms with Crippen LogP contribution in [-0.4, -0.2) is 21.6 Å². The van der Waals surface area contributed by atoms with E-state index < -0.39 is 11.6 Å². The molecule has 1 aliphatic carbocycles. The Kier molecular flexibility index (Phi) is 8.17. The number of aromatic nitrogens is 3. The molecule has 2 aromatic carbocycles. The number of rotatable bonds is 6. The van der Waals surface area contributed by atoms with E-state index in [1.807, 2.05) is 22.8 Å². The summed E-state index contributed by atoms with van der Waals surface area (Å²) in [6.07, 6.45) is 4.58. The summed E-state index contributed by atoms with van der Waals surface area (Å²) in [5.41, 5.74) is 3.59. The smallest absolute Gasteiger partial charge is 0.173 e. The average Bonchev–Trinajstić information content (AvgIpc) is 3.23. The second-order valence-electron chi connectivity index (χ2n) is 8.25. The van der Waals surface area contributed by atoms with Gasteiger partial charge < -0.3 is 4.74 Å². The van der Waals surface area contributed by atoms with Gasteiger partial charge in [-0.2, -0.15) is 0 Å². The summed E-state index contributed by atoms with van der Waals surface area (Å²) in [4.78, 5) is 8.43. The predicted molar refractivity (Wildman–Crippen MR) is 137 cm³/mol. The van der Waals surface area contributed by atoms with Gasteiger partial charge in [0.15, 0.2) is 5.16 Å². The molecule has 36 heavy (non-hydrogen) atoms. The zero-order chi connectivity index (χ0) is 24.5. The highest BCUT2D eigenvalue weighted by Gasteiger charge is 2.30. The predicted octanol–water partition coefficient (Wildman–Crippen LogP) is 7.53. The third-order valence-electron chi connectivity index (χ3n) is 6.16. The van der Waals surface area contributed by atoms with Crippen LogP contribution >= 0.6 is 35.8 Å². The number of halogens is 5. The molecule has 1 unspecified atom stereocenters. The minimum Gasteiger partial charge on any atom is -0.495 e. The number of imidazole rings is 1. The maximum absolute atomic E-state index is 14.2. The number of fused-ring (bicyclic) bond motifs is 1. The van der Waals surface area contributed by atoms with Crippen LogP contribution in [0.1, 0.15) is 41.3 Å². The van der Waals surface area contributed by atoms with Crippen molar-refractivity contribution >= 4 is 35.8 Å². The van der Waals surface area contributed by atoms with Gasteiger partial charge in [0.2, 0.25) is 0 Å². The van der Waals surface area contributed by atoms with E-state index in [9.17, 15) is 13.2 Å². The molecular weight excluding hydrogens is 530 g/mol. The Morgan fingerprint density at radius 3 is 2.50 bits per heavy atom. The molecule has 0 spiro atoms. The van der Waals surface area contributed by atoms with E-state index in [4.69, 9.17) is 21.3 Å². The fourth-order valence-corrected chi connectivity index (χ4v) is 5.72. The second kappa shape index (κ2) is 11.2. The summed E-state index contributed by atoms with van der Waals surface area (Å²) in [7, 11) is 1.58. The minimum absolute atomic E-state index is 0. The molecule has 4 aromatic rings. The number of nitrogens with zero attached hydrogens (tertiary/aromatic N) is 3. The molecule has 10 heteroatoms. The van der Waals surface area contributed by atoms with Gasteiger partial charge in [-0.1, -0.05) is 29.4 Å². The topological polar surface area (TPSA) is 39.9 Å². The lowest BCUT2D eigenvalue weighted by molar-refractivity contribution is 0.414. The molecule has 2 aromatic heterocycles. The van der Waals surface area contributed by atoms with Crippen molar-refractivity contribution in [1.82, 2.24) is 14.5 Å². The summed E-state index contributed by atoms with van der Waals surface area (Å²) in [6, 6.07) is 11.9. The molecule has 0 bridgehead atoms. The van der Waals surface area contributed by atoms with Crippen molar-refractivity contribution in [2.75, 3.05) is 7.11 Å². The standard InChI is InChI=1S/C26H21ClF3N3OS.ClH/c1-34-24-11-15(5-10-20(24)27)18-3-2-4-23-25(18)33(17-8-6-16(28)7-9-17)26(32-23)35-14-19-21(29)12-31-13-22(19)30;/h5-13,18H,2-4,14H2,1H3;1H. The Labute approximate surface area is 222 Å². The first-order chi connectivity index (χ1) is 17.0. The number of methoxy groups -OCH3 is 1. The number of ether oxygens (including phenoxy) is 1. The minimum atomic E-state index is -0.701. The van der Waals surface area contributed by atoms with E-state index in [1.54, 1.807) is 19.2 Å². The van der Waals surface area contributed by atoms with Gasteiger partial charge in [-0.05, 0) is 61.2 Å². The normalized spacial score (nSPS) is 14.8. The van der Waals surface area contributed by atoms with Crippen LogP contribution in [-0.2, 0) is 12.2 Å². The molecule has 0 amide bonds. The van der Waals surface area contributed by atoms with Crippen molar-refractivity contribution in [2.45, 2.75) is 36.1 Å². The molecule has 0 saturated heterocycles. The van der Waals surface area contributed by atoms with E-state index in [1.165, 1.54) is 23.9 Å². The zero-order valence-electron chi connectivity index (χ0n) is 19.2. The Bertz CT molecular complexity index is 1360. The van der Waals surface area contributed by atoms with Gasteiger partial charge in [0.05, 0.1) is 35.9 Å². The Balaban J connectivity index is 0.00000304. The van der Waals surface area contributed by atoms with Crippen molar-refractivity contribution in [3.05, 3.63) is 99.8 Å². The molecule has 2 heterocycles. The summed E-state index contributed by atoms with van der Waals surface area (Å²) in [6.45, 7) is 0. The molecule has 1 atom stereocenters. The maximum Gasteiger partial charge on any atom is 0.173 e. The van der Waals surface area contributed by atoms with Crippen molar-refractivity contribution < 1.29 is 17.9 Å². The highest BCUT2D eigenvalue weighted by molar-refractivity contribution is 7.98. The van der Waals surface area contributed by atoms with E-state index in [-0.39, 0.29) is 35.5 Å². The summed E-state index contributed by atoms with van der Waals surface area (Å²) in [5.74, 6) is -1.14. The quantitative estimate of drug-likeness (QED) is 0.232. The molecule has 4 nitrogen and oxygen atoms in total. The molecular formula is C26H22Cl2F3N3OS. The summed E-state index contributed by atoms with van der Waals surface area (Å²) in [5, 5.41) is 1.11. The molecule has 1 aliphatic rings. The summed E-state index contributed by atoms with van der Waals surface area (Å²) >= 11 is 7.49. The van der Waals surface area contributed by atoms with Crippen molar-refractivity contribution in [3.8, 4) is 11.4 Å². The van der Waals surface area contributed by atoms with Crippen LogP contribution in [0.5, 0.6) is 5.75 Å². The highest BCUT2D eigenvalue weighted by Crippen LogP contribution is 2.42.